The van der Waals surface area contributed by atoms with Crippen molar-refractivity contribution in [3.05, 3.63) is 35.7 Å². The van der Waals surface area contributed by atoms with Crippen LogP contribution in [-0.4, -0.2) is 21.5 Å². The SMILES string of the molecule is Cc1[nH]c(CNCC2CC2)nc1-c1ccc(F)cn1. The summed E-state index contributed by atoms with van der Waals surface area (Å²) < 4.78 is 12.9. The summed E-state index contributed by atoms with van der Waals surface area (Å²) in [6.45, 7) is 3.75. The predicted molar refractivity (Wildman–Crippen MR) is 70.9 cm³/mol. The number of aromatic nitrogens is 3. The molecule has 0 aliphatic heterocycles. The summed E-state index contributed by atoms with van der Waals surface area (Å²) in [5.41, 5.74) is 2.45. The fraction of sp³-hybridized carbons (Fsp3) is 0.429. The molecule has 0 spiro atoms. The summed E-state index contributed by atoms with van der Waals surface area (Å²) in [6, 6.07) is 3.06. The number of H-pyrrole nitrogens is 1. The number of aromatic amines is 1. The lowest BCUT2D eigenvalue weighted by atomic mass is 10.2. The maximum absolute atomic E-state index is 12.9. The number of hydrogen-bond acceptors (Lipinski definition) is 3. The van der Waals surface area contributed by atoms with Gasteiger partial charge in [-0.15, -0.1) is 0 Å². The minimum atomic E-state index is -0.330. The van der Waals surface area contributed by atoms with Crippen LogP contribution >= 0.6 is 0 Å². The average molecular weight is 260 g/mol. The van der Waals surface area contributed by atoms with Crippen molar-refractivity contribution in [1.29, 1.82) is 0 Å². The third kappa shape index (κ3) is 2.98. The maximum Gasteiger partial charge on any atom is 0.141 e. The molecule has 0 saturated heterocycles. The first-order valence-electron chi connectivity index (χ1n) is 6.60. The summed E-state index contributed by atoms with van der Waals surface area (Å²) in [4.78, 5) is 11.8. The van der Waals surface area contributed by atoms with Gasteiger partial charge in [0.05, 0.1) is 18.4 Å². The molecule has 2 aromatic heterocycles. The lowest BCUT2D eigenvalue weighted by molar-refractivity contribution is 0.621. The van der Waals surface area contributed by atoms with Crippen molar-refractivity contribution in [2.75, 3.05) is 6.54 Å². The Labute approximate surface area is 111 Å². The van der Waals surface area contributed by atoms with Gasteiger partial charge < -0.3 is 10.3 Å². The Bertz CT molecular complexity index is 557. The first kappa shape index (κ1) is 12.3. The maximum atomic E-state index is 12.9. The van der Waals surface area contributed by atoms with Gasteiger partial charge in [-0.3, -0.25) is 4.98 Å². The lowest BCUT2D eigenvalue weighted by Gasteiger charge is -1.99. The van der Waals surface area contributed by atoms with Crippen molar-refractivity contribution in [2.24, 2.45) is 5.92 Å². The van der Waals surface area contributed by atoms with E-state index in [2.05, 4.69) is 20.3 Å². The van der Waals surface area contributed by atoms with E-state index < -0.39 is 0 Å². The molecule has 1 aliphatic rings. The van der Waals surface area contributed by atoms with Crippen LogP contribution in [0.15, 0.2) is 18.3 Å². The molecule has 0 aromatic carbocycles. The van der Waals surface area contributed by atoms with Crippen LogP contribution in [0.3, 0.4) is 0 Å². The second-order valence-electron chi connectivity index (χ2n) is 5.09. The topological polar surface area (TPSA) is 53.6 Å². The van der Waals surface area contributed by atoms with Crippen LogP contribution in [0, 0.1) is 18.7 Å². The number of rotatable bonds is 5. The van der Waals surface area contributed by atoms with Gasteiger partial charge >= 0.3 is 0 Å². The average Bonchev–Trinajstić information content (AvgIpc) is 3.14. The Hall–Kier alpha value is -1.75. The van der Waals surface area contributed by atoms with E-state index in [4.69, 9.17) is 0 Å². The number of aryl methyl sites for hydroxylation is 1. The molecule has 0 bridgehead atoms. The van der Waals surface area contributed by atoms with Crippen LogP contribution < -0.4 is 5.32 Å². The van der Waals surface area contributed by atoms with Gasteiger partial charge in [0.2, 0.25) is 0 Å². The van der Waals surface area contributed by atoms with Gasteiger partial charge in [-0.2, -0.15) is 0 Å². The molecular weight excluding hydrogens is 243 g/mol. The number of nitrogens with one attached hydrogen (secondary N) is 2. The molecule has 2 aromatic rings. The smallest absolute Gasteiger partial charge is 0.141 e. The van der Waals surface area contributed by atoms with Crippen LogP contribution in [0.1, 0.15) is 24.4 Å². The highest BCUT2D eigenvalue weighted by Gasteiger charge is 2.20. The number of imidazole rings is 1. The van der Waals surface area contributed by atoms with Gasteiger partial charge in [0, 0.05) is 5.69 Å². The van der Waals surface area contributed by atoms with Gasteiger partial charge in [-0.05, 0) is 44.4 Å². The van der Waals surface area contributed by atoms with E-state index in [1.54, 1.807) is 6.07 Å². The first-order chi connectivity index (χ1) is 9.22. The molecule has 1 saturated carbocycles. The van der Waals surface area contributed by atoms with E-state index >= 15 is 0 Å². The molecule has 0 atom stereocenters. The highest BCUT2D eigenvalue weighted by atomic mass is 19.1. The third-order valence-corrected chi connectivity index (χ3v) is 3.33. The molecule has 19 heavy (non-hydrogen) atoms. The lowest BCUT2D eigenvalue weighted by Crippen LogP contribution is -2.16. The van der Waals surface area contributed by atoms with Gasteiger partial charge in [0.15, 0.2) is 0 Å². The van der Waals surface area contributed by atoms with E-state index in [1.807, 2.05) is 6.92 Å². The Morgan fingerprint density at radius 3 is 2.95 bits per heavy atom. The monoisotopic (exact) mass is 260 g/mol. The number of nitrogens with zero attached hydrogens (tertiary/aromatic N) is 2. The van der Waals surface area contributed by atoms with Crippen molar-refractivity contribution < 1.29 is 4.39 Å². The van der Waals surface area contributed by atoms with E-state index in [0.29, 0.717) is 5.69 Å². The normalized spacial score (nSPS) is 14.8. The number of hydrogen-bond donors (Lipinski definition) is 2. The second-order valence-corrected chi connectivity index (χ2v) is 5.09. The minimum Gasteiger partial charge on any atom is -0.344 e. The molecule has 2 N–H and O–H groups in total. The molecular formula is C14H17FN4. The molecule has 1 fully saturated rings. The Kier molecular flexibility index (Phi) is 3.29. The van der Waals surface area contributed by atoms with E-state index in [-0.39, 0.29) is 5.82 Å². The van der Waals surface area contributed by atoms with Crippen LogP contribution in [-0.2, 0) is 6.54 Å². The summed E-state index contributed by atoms with van der Waals surface area (Å²) in [6.07, 6.45) is 3.90. The van der Waals surface area contributed by atoms with Gasteiger partial charge in [0.25, 0.3) is 0 Å². The quantitative estimate of drug-likeness (QED) is 0.868. The van der Waals surface area contributed by atoms with Crippen LogP contribution in [0.4, 0.5) is 4.39 Å². The number of halogens is 1. The Balaban J connectivity index is 1.70. The summed E-state index contributed by atoms with van der Waals surface area (Å²) in [5.74, 6) is 1.43. The van der Waals surface area contributed by atoms with E-state index in [9.17, 15) is 4.39 Å². The van der Waals surface area contributed by atoms with Crippen molar-refractivity contribution in [1.82, 2.24) is 20.3 Å². The molecule has 5 heteroatoms. The Morgan fingerprint density at radius 2 is 2.26 bits per heavy atom. The van der Waals surface area contributed by atoms with Crippen molar-refractivity contribution in [2.45, 2.75) is 26.3 Å². The van der Waals surface area contributed by atoms with E-state index in [1.165, 1.54) is 25.1 Å². The van der Waals surface area contributed by atoms with Gasteiger partial charge in [-0.1, -0.05) is 0 Å². The minimum absolute atomic E-state index is 0.330. The molecule has 0 amide bonds. The van der Waals surface area contributed by atoms with E-state index in [0.717, 1.165) is 36.2 Å². The number of pyridine rings is 1. The second kappa shape index (κ2) is 5.09. The van der Waals surface area contributed by atoms with Gasteiger partial charge in [0.1, 0.15) is 17.3 Å². The first-order valence-corrected chi connectivity index (χ1v) is 6.60. The van der Waals surface area contributed by atoms with Crippen molar-refractivity contribution in [3.63, 3.8) is 0 Å². The van der Waals surface area contributed by atoms with Crippen LogP contribution in [0.5, 0.6) is 0 Å². The summed E-state index contributed by atoms with van der Waals surface area (Å²) >= 11 is 0. The van der Waals surface area contributed by atoms with Crippen LogP contribution in [0.2, 0.25) is 0 Å². The standard InChI is InChI=1S/C14H17FN4/c1-9-14(12-5-4-11(15)7-17-12)19-13(18-9)8-16-6-10-2-3-10/h4-5,7,10,16H,2-3,6,8H2,1H3,(H,18,19). The molecule has 100 valence electrons. The highest BCUT2D eigenvalue weighted by molar-refractivity contribution is 5.56. The zero-order valence-electron chi connectivity index (χ0n) is 10.9. The summed E-state index contributed by atoms with van der Waals surface area (Å²) in [7, 11) is 0. The zero-order chi connectivity index (χ0) is 13.2. The van der Waals surface area contributed by atoms with Crippen molar-refractivity contribution in [3.8, 4) is 11.4 Å². The fourth-order valence-electron chi connectivity index (χ4n) is 2.09. The largest absolute Gasteiger partial charge is 0.344 e. The molecule has 1 aliphatic carbocycles. The Morgan fingerprint density at radius 1 is 1.42 bits per heavy atom. The molecule has 4 nitrogen and oxygen atoms in total. The highest BCUT2D eigenvalue weighted by Crippen LogP contribution is 2.27. The third-order valence-electron chi connectivity index (χ3n) is 3.33. The molecule has 0 unspecified atom stereocenters. The predicted octanol–water partition coefficient (Wildman–Crippen LogP) is 2.42. The summed E-state index contributed by atoms with van der Waals surface area (Å²) in [5, 5.41) is 3.39. The zero-order valence-corrected chi connectivity index (χ0v) is 10.9. The van der Waals surface area contributed by atoms with Gasteiger partial charge in [-0.25, -0.2) is 9.37 Å². The fourth-order valence-corrected chi connectivity index (χ4v) is 2.09. The van der Waals surface area contributed by atoms with Crippen LogP contribution in [0.25, 0.3) is 11.4 Å². The molecule has 2 heterocycles. The molecule has 3 rings (SSSR count). The van der Waals surface area contributed by atoms with Crippen molar-refractivity contribution >= 4 is 0 Å². The molecule has 0 radical (unpaired) electrons.